The maximum Gasteiger partial charge on any atom is 0.189 e. The van der Waals surface area contributed by atoms with Crippen LogP contribution < -0.4 is 4.74 Å². The number of fused-ring (bicyclic) bond motifs is 1. The smallest absolute Gasteiger partial charge is 0.189 e. The zero-order valence-corrected chi connectivity index (χ0v) is 14.5. The summed E-state index contributed by atoms with van der Waals surface area (Å²) in [5.74, 6) is 0.875. The van der Waals surface area contributed by atoms with Crippen LogP contribution in [-0.4, -0.2) is 37.6 Å². The molecule has 0 fully saturated rings. The number of halogens is 1. The van der Waals surface area contributed by atoms with Gasteiger partial charge in [-0.05, 0) is 38.2 Å². The SMILES string of the molecule is CN(C)[C@@H](Cc1cc(Cl)cc2c1OCOC2)C(=O)c1ccccc1. The number of carbonyl (C=O) groups excluding carboxylic acids is 1. The van der Waals surface area contributed by atoms with Gasteiger partial charge in [-0.3, -0.25) is 9.69 Å². The minimum absolute atomic E-state index is 0.0846. The second-order valence-electron chi connectivity index (χ2n) is 6.08. The zero-order valence-electron chi connectivity index (χ0n) is 13.8. The van der Waals surface area contributed by atoms with Gasteiger partial charge in [0.05, 0.1) is 12.6 Å². The molecule has 0 unspecified atom stereocenters. The predicted octanol–water partition coefficient (Wildman–Crippen LogP) is 3.56. The third-order valence-electron chi connectivity index (χ3n) is 4.15. The average molecular weight is 346 g/mol. The second kappa shape index (κ2) is 7.34. The molecule has 0 saturated heterocycles. The molecule has 1 heterocycles. The number of ether oxygens (including phenoxy) is 2. The molecule has 3 rings (SSSR count). The van der Waals surface area contributed by atoms with Gasteiger partial charge in [-0.1, -0.05) is 41.9 Å². The van der Waals surface area contributed by atoms with Crippen molar-refractivity contribution in [3.8, 4) is 5.75 Å². The number of likely N-dealkylation sites (N-methyl/N-ethyl adjacent to an activating group) is 1. The van der Waals surface area contributed by atoms with E-state index in [1.165, 1.54) is 0 Å². The van der Waals surface area contributed by atoms with Crippen molar-refractivity contribution in [1.82, 2.24) is 4.90 Å². The number of Topliss-reactive ketones (excluding diaryl/α,β-unsaturated/α-hetero) is 1. The van der Waals surface area contributed by atoms with Crippen molar-refractivity contribution in [2.75, 3.05) is 20.9 Å². The van der Waals surface area contributed by atoms with Crippen LogP contribution in [0.2, 0.25) is 5.02 Å². The molecule has 0 N–H and O–H groups in total. The van der Waals surface area contributed by atoms with Crippen molar-refractivity contribution in [2.24, 2.45) is 0 Å². The summed E-state index contributed by atoms with van der Waals surface area (Å²) < 4.78 is 11.0. The van der Waals surface area contributed by atoms with Gasteiger partial charge in [0.15, 0.2) is 12.6 Å². The first-order valence-electron chi connectivity index (χ1n) is 7.84. The van der Waals surface area contributed by atoms with Crippen LogP contribution in [0.15, 0.2) is 42.5 Å². The Labute approximate surface area is 146 Å². The van der Waals surface area contributed by atoms with Crippen molar-refractivity contribution in [1.29, 1.82) is 0 Å². The molecular weight excluding hydrogens is 326 g/mol. The molecule has 0 spiro atoms. The molecule has 24 heavy (non-hydrogen) atoms. The molecule has 5 heteroatoms. The van der Waals surface area contributed by atoms with Crippen LogP contribution in [0.4, 0.5) is 0 Å². The standard InChI is InChI=1S/C19H20ClNO3/c1-21(2)17(18(22)13-6-4-3-5-7-13)10-14-8-16(20)9-15-11-23-12-24-19(14)15/h3-9,17H,10-12H2,1-2H3/t17-/m0/s1. The van der Waals surface area contributed by atoms with Crippen LogP contribution in [0.5, 0.6) is 5.75 Å². The van der Waals surface area contributed by atoms with Gasteiger partial charge in [0.1, 0.15) is 5.75 Å². The van der Waals surface area contributed by atoms with E-state index >= 15 is 0 Å². The molecule has 2 aromatic rings. The Morgan fingerprint density at radius 2 is 2.00 bits per heavy atom. The second-order valence-corrected chi connectivity index (χ2v) is 6.51. The van der Waals surface area contributed by atoms with Gasteiger partial charge in [-0.2, -0.15) is 0 Å². The molecule has 2 aromatic carbocycles. The molecule has 0 bridgehead atoms. The quantitative estimate of drug-likeness (QED) is 0.777. The van der Waals surface area contributed by atoms with E-state index in [0.29, 0.717) is 23.6 Å². The lowest BCUT2D eigenvalue weighted by Gasteiger charge is -2.26. The van der Waals surface area contributed by atoms with Gasteiger partial charge in [0, 0.05) is 16.1 Å². The van der Waals surface area contributed by atoms with E-state index in [4.69, 9.17) is 21.1 Å². The van der Waals surface area contributed by atoms with Crippen LogP contribution in [-0.2, 0) is 17.8 Å². The number of ketones is 1. The number of hydrogen-bond donors (Lipinski definition) is 0. The molecule has 0 radical (unpaired) electrons. The summed E-state index contributed by atoms with van der Waals surface area (Å²) in [6.07, 6.45) is 0.531. The average Bonchev–Trinajstić information content (AvgIpc) is 2.59. The molecule has 0 saturated carbocycles. The van der Waals surface area contributed by atoms with Crippen molar-refractivity contribution < 1.29 is 14.3 Å². The summed E-state index contributed by atoms with van der Waals surface area (Å²) in [7, 11) is 3.82. The highest BCUT2D eigenvalue weighted by Gasteiger charge is 2.26. The lowest BCUT2D eigenvalue weighted by atomic mass is 9.95. The van der Waals surface area contributed by atoms with E-state index < -0.39 is 0 Å². The van der Waals surface area contributed by atoms with Gasteiger partial charge in [0.25, 0.3) is 0 Å². The third-order valence-corrected chi connectivity index (χ3v) is 4.37. The Bertz CT molecular complexity index is 731. The highest BCUT2D eigenvalue weighted by Crippen LogP contribution is 2.33. The van der Waals surface area contributed by atoms with Crippen molar-refractivity contribution in [3.63, 3.8) is 0 Å². The molecule has 0 aromatic heterocycles. The maximum absolute atomic E-state index is 12.9. The van der Waals surface area contributed by atoms with Gasteiger partial charge < -0.3 is 9.47 Å². The normalized spacial score (nSPS) is 14.8. The molecule has 126 valence electrons. The Morgan fingerprint density at radius 3 is 2.71 bits per heavy atom. The number of rotatable bonds is 5. The lowest BCUT2D eigenvalue weighted by molar-refractivity contribution is -0.0171. The van der Waals surface area contributed by atoms with Crippen LogP contribution in [0.1, 0.15) is 21.5 Å². The van der Waals surface area contributed by atoms with Gasteiger partial charge >= 0.3 is 0 Å². The van der Waals surface area contributed by atoms with Gasteiger partial charge in [-0.25, -0.2) is 0 Å². The molecular formula is C19H20ClNO3. The topological polar surface area (TPSA) is 38.8 Å². The fourth-order valence-electron chi connectivity index (χ4n) is 2.92. The summed E-state index contributed by atoms with van der Waals surface area (Å²) in [5, 5.41) is 0.627. The highest BCUT2D eigenvalue weighted by atomic mass is 35.5. The number of benzene rings is 2. The minimum atomic E-state index is -0.290. The summed E-state index contributed by atoms with van der Waals surface area (Å²) in [5.41, 5.74) is 2.56. The Morgan fingerprint density at radius 1 is 1.25 bits per heavy atom. The lowest BCUT2D eigenvalue weighted by Crippen LogP contribution is -2.38. The first-order chi connectivity index (χ1) is 11.6. The fourth-order valence-corrected chi connectivity index (χ4v) is 3.18. The van der Waals surface area contributed by atoms with E-state index in [9.17, 15) is 4.79 Å². The van der Waals surface area contributed by atoms with Crippen molar-refractivity contribution >= 4 is 17.4 Å². The third kappa shape index (κ3) is 3.61. The van der Waals surface area contributed by atoms with Gasteiger partial charge in [-0.15, -0.1) is 0 Å². The van der Waals surface area contributed by atoms with Crippen molar-refractivity contribution in [3.05, 3.63) is 64.2 Å². The maximum atomic E-state index is 12.9. The molecule has 0 amide bonds. The number of carbonyl (C=O) groups is 1. The zero-order chi connectivity index (χ0) is 17.1. The van der Waals surface area contributed by atoms with Crippen molar-refractivity contribution in [2.45, 2.75) is 19.1 Å². The molecule has 0 aliphatic carbocycles. The van der Waals surface area contributed by atoms with Crippen LogP contribution >= 0.6 is 11.6 Å². The molecule has 1 atom stereocenters. The van der Waals surface area contributed by atoms with E-state index in [0.717, 1.165) is 16.9 Å². The Hall–Kier alpha value is -1.88. The predicted molar refractivity (Wildman–Crippen MR) is 93.7 cm³/mol. The monoisotopic (exact) mass is 345 g/mol. The van der Waals surface area contributed by atoms with Crippen LogP contribution in [0, 0.1) is 0 Å². The van der Waals surface area contributed by atoms with Crippen LogP contribution in [0.3, 0.4) is 0 Å². The summed E-state index contributed by atoms with van der Waals surface area (Å²) in [4.78, 5) is 14.8. The summed E-state index contributed by atoms with van der Waals surface area (Å²) in [6, 6.07) is 12.8. The largest absolute Gasteiger partial charge is 0.467 e. The Kier molecular flexibility index (Phi) is 5.19. The van der Waals surface area contributed by atoms with Gasteiger partial charge in [0.2, 0.25) is 0 Å². The highest BCUT2D eigenvalue weighted by molar-refractivity contribution is 6.30. The summed E-state index contributed by atoms with van der Waals surface area (Å²) in [6.45, 7) is 0.697. The number of hydrogen-bond acceptors (Lipinski definition) is 4. The minimum Gasteiger partial charge on any atom is -0.467 e. The molecule has 1 aliphatic rings. The van der Waals surface area contributed by atoms with E-state index in [1.807, 2.05) is 61.5 Å². The first-order valence-corrected chi connectivity index (χ1v) is 8.21. The van der Waals surface area contributed by atoms with E-state index in [2.05, 4.69) is 0 Å². The molecule has 1 aliphatic heterocycles. The number of nitrogens with zero attached hydrogens (tertiary/aromatic N) is 1. The van der Waals surface area contributed by atoms with Crippen LogP contribution in [0.25, 0.3) is 0 Å². The first kappa shape index (κ1) is 17.0. The fraction of sp³-hybridized carbons (Fsp3) is 0.316. The van der Waals surface area contributed by atoms with E-state index in [-0.39, 0.29) is 18.6 Å². The molecule has 4 nitrogen and oxygen atoms in total. The Balaban J connectivity index is 1.92. The summed E-state index contributed by atoms with van der Waals surface area (Å²) >= 11 is 6.23. The van der Waals surface area contributed by atoms with E-state index in [1.54, 1.807) is 0 Å².